The number of hydrogen-bond acceptors (Lipinski definition) is 4. The number of thiocarbonyl (C=S) groups is 1. The van der Waals surface area contributed by atoms with Crippen LogP contribution in [0, 0.1) is 0 Å². The second-order valence-corrected chi connectivity index (χ2v) is 7.46. The fourth-order valence-electron chi connectivity index (χ4n) is 3.75. The molecule has 1 amide bonds. The highest BCUT2D eigenvalue weighted by Crippen LogP contribution is 2.41. The minimum absolute atomic E-state index is 0.0171. The molecule has 0 spiro atoms. The number of amides is 1. The van der Waals surface area contributed by atoms with Crippen LogP contribution in [0.5, 0.6) is 0 Å². The van der Waals surface area contributed by atoms with Gasteiger partial charge in [0.05, 0.1) is 11.7 Å². The van der Waals surface area contributed by atoms with Gasteiger partial charge in [0.1, 0.15) is 12.6 Å². The lowest BCUT2D eigenvalue weighted by Gasteiger charge is -2.28. The van der Waals surface area contributed by atoms with E-state index in [1.54, 1.807) is 6.20 Å². The SMILES string of the molecule is COCC(=O)Nc1ccc(N2C(=S)NC(c3ccccn3)C2c2cccn2C)cc1. The number of nitrogens with zero attached hydrogens (tertiary/aromatic N) is 3. The van der Waals surface area contributed by atoms with Crippen LogP contribution in [0.25, 0.3) is 0 Å². The van der Waals surface area contributed by atoms with E-state index in [-0.39, 0.29) is 24.6 Å². The second kappa shape index (κ2) is 8.64. The summed E-state index contributed by atoms with van der Waals surface area (Å²) < 4.78 is 6.96. The standard InChI is InChI=1S/C22H23N5O2S/c1-26-13-5-7-18(26)21-20(17-6-3-4-12-23-17)25-22(30)27(21)16-10-8-15(9-11-16)24-19(28)14-29-2/h3-13,20-21H,14H2,1-2H3,(H,24,28)(H,25,30). The number of benzene rings is 1. The predicted octanol–water partition coefficient (Wildman–Crippen LogP) is 3.18. The highest BCUT2D eigenvalue weighted by atomic mass is 32.1. The second-order valence-electron chi connectivity index (χ2n) is 7.07. The average Bonchev–Trinajstić information content (AvgIpc) is 3.32. The van der Waals surface area contributed by atoms with E-state index in [2.05, 4.69) is 31.2 Å². The zero-order chi connectivity index (χ0) is 21.1. The molecule has 2 atom stereocenters. The van der Waals surface area contributed by atoms with Crippen molar-refractivity contribution in [1.82, 2.24) is 14.9 Å². The van der Waals surface area contributed by atoms with E-state index in [0.29, 0.717) is 10.8 Å². The molecule has 3 aromatic rings. The molecule has 0 bridgehead atoms. The molecule has 0 radical (unpaired) electrons. The zero-order valence-electron chi connectivity index (χ0n) is 16.8. The lowest BCUT2D eigenvalue weighted by Crippen LogP contribution is -2.30. The van der Waals surface area contributed by atoms with Crippen molar-refractivity contribution < 1.29 is 9.53 Å². The average molecular weight is 422 g/mol. The van der Waals surface area contributed by atoms with E-state index in [9.17, 15) is 4.79 Å². The molecule has 1 aliphatic heterocycles. The van der Waals surface area contributed by atoms with Crippen molar-refractivity contribution in [2.75, 3.05) is 23.9 Å². The fraction of sp³-hybridized carbons (Fsp3) is 0.227. The van der Waals surface area contributed by atoms with Gasteiger partial charge in [-0.2, -0.15) is 0 Å². The van der Waals surface area contributed by atoms with Crippen LogP contribution < -0.4 is 15.5 Å². The summed E-state index contributed by atoms with van der Waals surface area (Å²) in [7, 11) is 3.52. The van der Waals surface area contributed by atoms with E-state index < -0.39 is 0 Å². The third-order valence-electron chi connectivity index (χ3n) is 5.09. The molecule has 8 heteroatoms. The number of hydrogen-bond donors (Lipinski definition) is 2. The van der Waals surface area contributed by atoms with Crippen molar-refractivity contribution in [2.24, 2.45) is 7.05 Å². The highest BCUT2D eigenvalue weighted by molar-refractivity contribution is 7.80. The first-order valence-electron chi connectivity index (χ1n) is 9.59. The number of pyridine rings is 1. The van der Waals surface area contributed by atoms with Crippen molar-refractivity contribution in [1.29, 1.82) is 0 Å². The van der Waals surface area contributed by atoms with Gasteiger partial charge in [-0.25, -0.2) is 0 Å². The van der Waals surface area contributed by atoms with E-state index in [4.69, 9.17) is 17.0 Å². The quantitative estimate of drug-likeness (QED) is 0.596. The van der Waals surface area contributed by atoms with Gasteiger partial charge < -0.3 is 24.8 Å². The summed E-state index contributed by atoms with van der Waals surface area (Å²) in [5, 5.41) is 6.88. The van der Waals surface area contributed by atoms with Crippen molar-refractivity contribution >= 4 is 34.6 Å². The monoisotopic (exact) mass is 421 g/mol. The Balaban J connectivity index is 1.68. The number of carbonyl (C=O) groups is 1. The summed E-state index contributed by atoms with van der Waals surface area (Å²) in [5.74, 6) is -0.194. The first-order chi connectivity index (χ1) is 14.6. The van der Waals surface area contributed by atoms with Gasteiger partial charge in [-0.1, -0.05) is 6.07 Å². The summed E-state index contributed by atoms with van der Waals surface area (Å²) >= 11 is 5.72. The summed E-state index contributed by atoms with van der Waals surface area (Å²) in [6.45, 7) is 0.0171. The van der Waals surface area contributed by atoms with Crippen LogP contribution >= 0.6 is 12.2 Å². The van der Waals surface area contributed by atoms with Crippen LogP contribution in [-0.2, 0) is 16.6 Å². The van der Waals surface area contributed by atoms with Gasteiger partial charge >= 0.3 is 0 Å². The smallest absolute Gasteiger partial charge is 0.250 e. The molecule has 30 heavy (non-hydrogen) atoms. The first-order valence-corrected chi connectivity index (χ1v) is 10.00. The van der Waals surface area contributed by atoms with E-state index >= 15 is 0 Å². The van der Waals surface area contributed by atoms with Crippen LogP contribution in [0.4, 0.5) is 11.4 Å². The fourth-order valence-corrected chi connectivity index (χ4v) is 4.09. The number of aromatic nitrogens is 2. The van der Waals surface area contributed by atoms with Crippen molar-refractivity contribution in [2.45, 2.75) is 12.1 Å². The summed E-state index contributed by atoms with van der Waals surface area (Å²) in [4.78, 5) is 18.4. The van der Waals surface area contributed by atoms with E-state index in [1.165, 1.54) is 7.11 Å². The summed E-state index contributed by atoms with van der Waals surface area (Å²) in [6.07, 6.45) is 3.82. The van der Waals surface area contributed by atoms with Crippen molar-refractivity contribution in [3.8, 4) is 0 Å². The minimum atomic E-state index is -0.194. The summed E-state index contributed by atoms with van der Waals surface area (Å²) in [5.41, 5.74) is 3.69. The summed E-state index contributed by atoms with van der Waals surface area (Å²) in [6, 6.07) is 17.5. The molecule has 0 aliphatic carbocycles. The largest absolute Gasteiger partial charge is 0.375 e. The lowest BCUT2D eigenvalue weighted by atomic mass is 10.0. The molecule has 2 unspecified atom stereocenters. The Labute approximate surface area is 180 Å². The van der Waals surface area contributed by atoms with Gasteiger partial charge in [-0.3, -0.25) is 9.78 Å². The van der Waals surface area contributed by atoms with Gasteiger partial charge in [-0.05, 0) is 60.7 Å². The molecule has 0 saturated carbocycles. The van der Waals surface area contributed by atoms with E-state index in [1.807, 2.05) is 61.8 Å². The third kappa shape index (κ3) is 3.92. The normalized spacial score (nSPS) is 18.3. The molecule has 1 fully saturated rings. The van der Waals surface area contributed by atoms with Crippen LogP contribution in [0.2, 0.25) is 0 Å². The molecule has 7 nitrogen and oxygen atoms in total. The number of aryl methyl sites for hydroxylation is 1. The molecule has 3 heterocycles. The molecule has 1 aromatic carbocycles. The number of nitrogens with one attached hydrogen (secondary N) is 2. The molecule has 154 valence electrons. The van der Waals surface area contributed by atoms with Gasteiger partial charge in [0, 0.05) is 43.6 Å². The lowest BCUT2D eigenvalue weighted by molar-refractivity contribution is -0.119. The Morgan fingerprint density at radius 3 is 2.63 bits per heavy atom. The van der Waals surface area contributed by atoms with Crippen LogP contribution in [0.1, 0.15) is 23.5 Å². The first kappa shape index (κ1) is 20.1. The minimum Gasteiger partial charge on any atom is -0.375 e. The molecule has 4 rings (SSSR count). The Kier molecular flexibility index (Phi) is 5.78. The number of anilines is 2. The molecular formula is C22H23N5O2S. The Morgan fingerprint density at radius 2 is 2.00 bits per heavy atom. The number of methoxy groups -OCH3 is 1. The van der Waals surface area contributed by atoms with Crippen molar-refractivity contribution in [3.05, 3.63) is 78.4 Å². The number of rotatable bonds is 6. The van der Waals surface area contributed by atoms with E-state index in [0.717, 1.165) is 17.1 Å². The predicted molar refractivity (Wildman–Crippen MR) is 120 cm³/mol. The molecule has 1 saturated heterocycles. The highest BCUT2D eigenvalue weighted by Gasteiger charge is 2.41. The van der Waals surface area contributed by atoms with Gasteiger partial charge in [0.15, 0.2) is 5.11 Å². The maximum Gasteiger partial charge on any atom is 0.250 e. The molecule has 2 aromatic heterocycles. The maximum absolute atomic E-state index is 11.8. The Morgan fingerprint density at radius 1 is 1.20 bits per heavy atom. The van der Waals surface area contributed by atoms with Crippen LogP contribution in [-0.4, -0.2) is 34.3 Å². The molecule has 2 N–H and O–H groups in total. The Hall–Kier alpha value is -3.23. The number of carbonyl (C=O) groups excluding carboxylic acids is 1. The van der Waals surface area contributed by atoms with Gasteiger partial charge in [-0.15, -0.1) is 0 Å². The van der Waals surface area contributed by atoms with Gasteiger partial charge in [0.2, 0.25) is 5.91 Å². The van der Waals surface area contributed by atoms with Gasteiger partial charge in [0.25, 0.3) is 0 Å². The third-order valence-corrected chi connectivity index (χ3v) is 5.40. The number of ether oxygens (including phenoxy) is 1. The van der Waals surface area contributed by atoms with Crippen LogP contribution in [0.3, 0.4) is 0 Å². The maximum atomic E-state index is 11.8. The topological polar surface area (TPSA) is 71.4 Å². The Bertz CT molecular complexity index is 1040. The van der Waals surface area contributed by atoms with Crippen molar-refractivity contribution in [3.63, 3.8) is 0 Å². The molecular weight excluding hydrogens is 398 g/mol. The zero-order valence-corrected chi connectivity index (χ0v) is 17.6. The van der Waals surface area contributed by atoms with Crippen LogP contribution in [0.15, 0.2) is 67.0 Å². The molecule has 1 aliphatic rings.